The Labute approximate surface area is 209 Å². The molecule has 0 radical (unpaired) electrons. The third-order valence-electron chi connectivity index (χ3n) is 5.92. The van der Waals surface area contributed by atoms with Crippen LogP contribution in [-0.2, 0) is 13.0 Å². The molecule has 2 amide bonds. The molecule has 2 aromatic heterocycles. The van der Waals surface area contributed by atoms with Crippen LogP contribution in [0.5, 0.6) is 0 Å². The molecule has 0 saturated carbocycles. The van der Waals surface area contributed by atoms with Gasteiger partial charge in [-0.1, -0.05) is 36.4 Å². The van der Waals surface area contributed by atoms with E-state index in [4.69, 9.17) is 8.22 Å². The van der Waals surface area contributed by atoms with Gasteiger partial charge in [-0.25, -0.2) is 14.8 Å². The Hall–Kier alpha value is -3.52. The Balaban J connectivity index is 1.53. The number of nitrogens with one attached hydrogen (secondary N) is 2. The molecule has 1 aromatic carbocycles. The molecule has 0 saturated heterocycles. The van der Waals surface area contributed by atoms with E-state index in [2.05, 4.69) is 25.6 Å². The lowest BCUT2D eigenvalue weighted by Crippen LogP contribution is -2.50. The second-order valence-corrected chi connectivity index (χ2v) is 8.49. The summed E-state index contributed by atoms with van der Waals surface area (Å²) in [7, 11) is 0. The molecule has 8 heteroatoms. The van der Waals surface area contributed by atoms with Gasteiger partial charge in [-0.3, -0.25) is 4.98 Å². The number of nitrogens with zero attached hydrogens (tertiary/aromatic N) is 5. The quantitative estimate of drug-likeness (QED) is 0.552. The highest BCUT2D eigenvalue weighted by Crippen LogP contribution is 2.24. The lowest BCUT2D eigenvalue weighted by atomic mass is 10.0. The Kier molecular flexibility index (Phi) is 5.30. The van der Waals surface area contributed by atoms with E-state index in [9.17, 15) is 4.79 Å². The fourth-order valence-electron chi connectivity index (χ4n) is 4.07. The predicted octanol–water partition coefficient (Wildman–Crippen LogP) is 3.80. The van der Waals surface area contributed by atoms with Gasteiger partial charge in [0.1, 0.15) is 0 Å². The molecule has 4 rings (SSSR count). The number of fused-ring (bicyclic) bond motifs is 1. The summed E-state index contributed by atoms with van der Waals surface area (Å²) >= 11 is 0. The van der Waals surface area contributed by atoms with E-state index < -0.39 is 32.6 Å². The van der Waals surface area contributed by atoms with E-state index >= 15 is 0 Å². The van der Waals surface area contributed by atoms with Crippen LogP contribution in [0, 0.1) is 0 Å². The minimum Gasteiger partial charge on any atom is -0.346 e. The van der Waals surface area contributed by atoms with E-state index in [0.717, 1.165) is 11.3 Å². The number of anilines is 1. The van der Waals surface area contributed by atoms with E-state index in [-0.39, 0.29) is 18.6 Å². The van der Waals surface area contributed by atoms with Gasteiger partial charge in [0.15, 0.2) is 0 Å². The zero-order valence-electron chi connectivity index (χ0n) is 25.3. The van der Waals surface area contributed by atoms with Crippen LogP contribution >= 0.6 is 0 Å². The summed E-state index contributed by atoms with van der Waals surface area (Å²) < 4.78 is 46.6. The second-order valence-electron chi connectivity index (χ2n) is 8.49. The van der Waals surface area contributed by atoms with Crippen molar-refractivity contribution in [2.24, 2.45) is 0 Å². The monoisotopic (exact) mass is 465 g/mol. The summed E-state index contributed by atoms with van der Waals surface area (Å²) in [5, 5.41) is 6.14. The Bertz CT molecular complexity index is 1280. The van der Waals surface area contributed by atoms with Crippen LogP contribution in [0.1, 0.15) is 56.7 Å². The van der Waals surface area contributed by atoms with Gasteiger partial charge in [0.2, 0.25) is 5.95 Å². The van der Waals surface area contributed by atoms with Crippen molar-refractivity contribution in [3.05, 3.63) is 83.4 Å². The lowest BCUT2D eigenvalue weighted by molar-refractivity contribution is 0.161. The van der Waals surface area contributed by atoms with Crippen molar-refractivity contribution in [2.45, 2.75) is 44.9 Å². The number of aromatic nitrogens is 3. The molecule has 0 aliphatic carbocycles. The van der Waals surface area contributed by atoms with Crippen molar-refractivity contribution < 1.29 is 13.0 Å². The molecule has 0 unspecified atom stereocenters. The van der Waals surface area contributed by atoms with Crippen molar-refractivity contribution in [2.75, 3.05) is 25.8 Å². The van der Waals surface area contributed by atoms with E-state index in [1.54, 1.807) is 47.6 Å². The summed E-state index contributed by atoms with van der Waals surface area (Å²) in [5.74, 6) is 0.417. The van der Waals surface area contributed by atoms with Gasteiger partial charge in [-0.15, -0.1) is 0 Å². The molecular formula is C26H33N7O. The van der Waals surface area contributed by atoms with E-state index in [1.807, 2.05) is 32.0 Å². The number of hydrogen-bond acceptors (Lipinski definition) is 6. The van der Waals surface area contributed by atoms with Crippen LogP contribution in [-0.4, -0.2) is 57.3 Å². The minimum atomic E-state index is -2.88. The first-order valence-corrected chi connectivity index (χ1v) is 11.2. The van der Waals surface area contributed by atoms with Crippen molar-refractivity contribution in [3.63, 3.8) is 0 Å². The highest BCUT2D eigenvalue weighted by Gasteiger charge is 2.30. The smallest absolute Gasteiger partial charge is 0.318 e. The maximum Gasteiger partial charge on any atom is 0.318 e. The van der Waals surface area contributed by atoms with Crippen LogP contribution in [0.3, 0.4) is 0 Å². The van der Waals surface area contributed by atoms with Gasteiger partial charge in [0, 0.05) is 33.2 Å². The maximum atomic E-state index is 13.6. The summed E-state index contributed by atoms with van der Waals surface area (Å²) in [6.45, 7) is -2.12. The van der Waals surface area contributed by atoms with Crippen molar-refractivity contribution in [3.8, 4) is 0 Å². The molecule has 0 fully saturated rings. The van der Waals surface area contributed by atoms with Gasteiger partial charge in [0.25, 0.3) is 0 Å². The van der Waals surface area contributed by atoms with Gasteiger partial charge in [-0.2, -0.15) is 0 Å². The minimum absolute atomic E-state index is 0.132. The Morgan fingerprint density at radius 3 is 2.74 bits per heavy atom. The largest absolute Gasteiger partial charge is 0.346 e. The van der Waals surface area contributed by atoms with Crippen LogP contribution in [0.4, 0.5) is 10.7 Å². The number of carbonyl (C=O) groups excluding carboxylic acids is 1. The average Bonchev–Trinajstić information content (AvgIpc) is 2.90. The number of carbonyl (C=O) groups is 1. The third-order valence-corrected chi connectivity index (χ3v) is 5.92. The van der Waals surface area contributed by atoms with Crippen molar-refractivity contribution in [1.82, 2.24) is 30.1 Å². The highest BCUT2D eigenvalue weighted by atomic mass is 16.2. The van der Waals surface area contributed by atoms with Crippen LogP contribution in [0.15, 0.2) is 60.9 Å². The number of likely N-dealkylation sites (N-methyl/N-ethyl adjacent to an activating group) is 1. The van der Waals surface area contributed by atoms with E-state index in [1.165, 1.54) is 0 Å². The summed E-state index contributed by atoms with van der Waals surface area (Å²) in [5.41, 5.74) is 3.07. The first-order chi connectivity index (χ1) is 18.8. The molecule has 8 nitrogen and oxygen atoms in total. The number of hydrogen-bond donors (Lipinski definition) is 2. The highest BCUT2D eigenvalue weighted by molar-refractivity contribution is 5.75. The normalized spacial score (nSPS) is 20.4. The Morgan fingerprint density at radius 1 is 1.21 bits per heavy atom. The third kappa shape index (κ3) is 5.69. The number of amides is 2. The molecule has 3 heterocycles. The standard InChI is InChI=1S/C26H33N7O/c1-18-14-21-15-28-25(29-19(2)22-12-8-9-13-27-22)30-24(21)17-33(18)26(34)31-23(16-32(3)4)20-10-6-5-7-11-20/h5-13,15,18-19,23H,14,16-17H2,1-4H3,(H,31,34)(H,28,29,30)/t18-,19+,23-/m1/s1/i3D3,4D3. The summed E-state index contributed by atoms with van der Waals surface area (Å²) in [6.07, 6.45) is 4.02. The number of pyridine rings is 1. The maximum absolute atomic E-state index is 13.6. The van der Waals surface area contributed by atoms with Gasteiger partial charge in [0.05, 0.1) is 30.0 Å². The van der Waals surface area contributed by atoms with Crippen molar-refractivity contribution in [1.29, 1.82) is 0 Å². The summed E-state index contributed by atoms with van der Waals surface area (Å²) in [6, 6.07) is 12.7. The van der Waals surface area contributed by atoms with Gasteiger partial charge < -0.3 is 20.4 Å². The molecule has 2 N–H and O–H groups in total. The van der Waals surface area contributed by atoms with Crippen LogP contribution in [0.2, 0.25) is 0 Å². The molecule has 178 valence electrons. The first kappa shape index (κ1) is 17.0. The molecule has 3 aromatic rings. The molecule has 3 atom stereocenters. The topological polar surface area (TPSA) is 86.3 Å². The van der Waals surface area contributed by atoms with Gasteiger partial charge >= 0.3 is 6.03 Å². The molecule has 0 spiro atoms. The zero-order valence-corrected chi connectivity index (χ0v) is 19.3. The van der Waals surface area contributed by atoms with Crippen molar-refractivity contribution >= 4 is 12.0 Å². The molecule has 1 aliphatic heterocycles. The number of rotatable bonds is 7. The average molecular weight is 466 g/mol. The molecule has 34 heavy (non-hydrogen) atoms. The SMILES string of the molecule is [2H]C([2H])([2H])N(C[C@@H](NC(=O)N1Cc2nc(N[C@@H](C)c3ccccn3)ncc2C[C@H]1C)c1ccccc1)C([2H])([2H])[2H]. The second kappa shape index (κ2) is 10.6. The molecule has 1 aliphatic rings. The number of benzene rings is 1. The van der Waals surface area contributed by atoms with Crippen LogP contribution in [0.25, 0.3) is 0 Å². The van der Waals surface area contributed by atoms with E-state index in [0.29, 0.717) is 28.5 Å². The molecular weight excluding hydrogens is 426 g/mol. The number of urea groups is 1. The molecule has 0 bridgehead atoms. The first-order valence-electron chi connectivity index (χ1n) is 14.2. The fourth-order valence-corrected chi connectivity index (χ4v) is 4.07. The van der Waals surface area contributed by atoms with Gasteiger partial charge in [-0.05, 0) is 57.5 Å². The predicted molar refractivity (Wildman–Crippen MR) is 133 cm³/mol. The zero-order chi connectivity index (χ0) is 29.1. The van der Waals surface area contributed by atoms with Crippen LogP contribution < -0.4 is 10.6 Å². The lowest BCUT2D eigenvalue weighted by Gasteiger charge is -2.35. The summed E-state index contributed by atoms with van der Waals surface area (Å²) in [4.78, 5) is 29.1. The Morgan fingerprint density at radius 2 is 2.00 bits per heavy atom. The fraction of sp³-hybridized carbons (Fsp3) is 0.385.